The first-order chi connectivity index (χ1) is 11.6. The quantitative estimate of drug-likeness (QED) is 0.856. The highest BCUT2D eigenvalue weighted by molar-refractivity contribution is 7.15. The van der Waals surface area contributed by atoms with Gasteiger partial charge in [-0.2, -0.15) is 9.97 Å². The number of hydrogen-bond donors (Lipinski definition) is 2. The Balaban J connectivity index is 1.81. The predicted molar refractivity (Wildman–Crippen MR) is 90.1 cm³/mol. The lowest BCUT2D eigenvalue weighted by Crippen LogP contribution is -2.30. The van der Waals surface area contributed by atoms with Crippen LogP contribution in [0.25, 0.3) is 0 Å². The maximum Gasteiger partial charge on any atom is 0.321 e. The highest BCUT2D eigenvalue weighted by Crippen LogP contribution is 2.31. The molecule has 0 saturated carbocycles. The minimum atomic E-state index is -0.275. The smallest absolute Gasteiger partial charge is 0.321 e. The highest BCUT2D eigenvalue weighted by atomic mass is 32.1. The van der Waals surface area contributed by atoms with Gasteiger partial charge in [-0.15, -0.1) is 0 Å². The first-order valence-corrected chi connectivity index (χ1v) is 8.14. The molecule has 0 atom stereocenters. The van der Waals surface area contributed by atoms with Gasteiger partial charge in [-0.25, -0.2) is 9.78 Å². The standard InChI is InChI=1S/C14H18N6O3S/c1-15-12(21)19-14-16-8-4-5-20(7-9(8)24-14)10-6-11(22-2)18-13(17-10)23-3/h6H,4-5,7H2,1-3H3,(H2,15,16,19,21). The zero-order valence-electron chi connectivity index (χ0n) is 13.6. The molecule has 0 spiro atoms. The summed E-state index contributed by atoms with van der Waals surface area (Å²) in [7, 11) is 4.65. The summed E-state index contributed by atoms with van der Waals surface area (Å²) in [6, 6.07) is 1.77. The number of carbonyl (C=O) groups excluding carboxylic acids is 1. The SMILES string of the molecule is CNC(=O)Nc1nc2c(s1)CN(c1cc(OC)nc(OC)n1)CC2. The van der Waals surface area contributed by atoms with Crippen LogP contribution in [0.3, 0.4) is 0 Å². The Labute approximate surface area is 143 Å². The van der Waals surface area contributed by atoms with Crippen LogP contribution in [-0.4, -0.2) is 48.8 Å². The molecule has 2 amide bonds. The van der Waals surface area contributed by atoms with Crippen molar-refractivity contribution in [2.45, 2.75) is 13.0 Å². The molecule has 1 aliphatic heterocycles. The van der Waals surface area contributed by atoms with Crippen LogP contribution in [-0.2, 0) is 13.0 Å². The van der Waals surface area contributed by atoms with Crippen molar-refractivity contribution in [2.75, 3.05) is 38.0 Å². The Hall–Kier alpha value is -2.62. The average molecular weight is 350 g/mol. The van der Waals surface area contributed by atoms with Gasteiger partial charge >= 0.3 is 12.0 Å². The molecule has 128 valence electrons. The molecule has 2 aromatic rings. The molecule has 0 radical (unpaired) electrons. The number of carbonyl (C=O) groups is 1. The number of amides is 2. The first kappa shape index (κ1) is 16.2. The summed E-state index contributed by atoms with van der Waals surface area (Å²) in [5, 5.41) is 5.82. The Kier molecular flexibility index (Phi) is 4.65. The van der Waals surface area contributed by atoms with E-state index in [1.165, 1.54) is 18.4 Å². The lowest BCUT2D eigenvalue weighted by molar-refractivity contribution is 0.254. The number of rotatable bonds is 4. The van der Waals surface area contributed by atoms with Gasteiger partial charge in [0.15, 0.2) is 5.13 Å². The molecule has 3 rings (SSSR count). The van der Waals surface area contributed by atoms with Crippen molar-refractivity contribution in [2.24, 2.45) is 0 Å². The minimum absolute atomic E-state index is 0.265. The number of nitrogens with zero attached hydrogens (tertiary/aromatic N) is 4. The van der Waals surface area contributed by atoms with Crippen LogP contribution < -0.4 is 25.0 Å². The molecule has 0 aliphatic carbocycles. The summed E-state index contributed by atoms with van der Waals surface area (Å²) in [5.74, 6) is 1.19. The van der Waals surface area contributed by atoms with E-state index in [2.05, 4.69) is 30.5 Å². The lowest BCUT2D eigenvalue weighted by atomic mass is 10.2. The van der Waals surface area contributed by atoms with Crippen molar-refractivity contribution in [3.63, 3.8) is 0 Å². The number of ether oxygens (including phenoxy) is 2. The van der Waals surface area contributed by atoms with Gasteiger partial charge in [0.2, 0.25) is 5.88 Å². The third kappa shape index (κ3) is 3.32. The summed E-state index contributed by atoms with van der Waals surface area (Å²) in [6.45, 7) is 1.42. The molecule has 0 bridgehead atoms. The summed E-state index contributed by atoms with van der Waals surface area (Å²) < 4.78 is 10.3. The molecule has 2 N–H and O–H groups in total. The molecule has 10 heteroatoms. The van der Waals surface area contributed by atoms with Crippen LogP contribution >= 0.6 is 11.3 Å². The van der Waals surface area contributed by atoms with E-state index in [0.29, 0.717) is 17.6 Å². The minimum Gasteiger partial charge on any atom is -0.481 e. The van der Waals surface area contributed by atoms with Gasteiger partial charge in [0.05, 0.1) is 26.5 Å². The maximum absolute atomic E-state index is 11.4. The maximum atomic E-state index is 11.4. The fourth-order valence-electron chi connectivity index (χ4n) is 2.35. The monoisotopic (exact) mass is 350 g/mol. The van der Waals surface area contributed by atoms with E-state index in [1.54, 1.807) is 20.2 Å². The Bertz CT molecular complexity index is 728. The van der Waals surface area contributed by atoms with E-state index in [9.17, 15) is 4.79 Å². The van der Waals surface area contributed by atoms with Crippen LogP contribution in [0.2, 0.25) is 0 Å². The number of nitrogens with one attached hydrogen (secondary N) is 2. The average Bonchev–Trinajstić information content (AvgIpc) is 3.02. The number of thiazole rings is 1. The van der Waals surface area contributed by atoms with E-state index < -0.39 is 0 Å². The number of methoxy groups -OCH3 is 2. The molecule has 9 nitrogen and oxygen atoms in total. The largest absolute Gasteiger partial charge is 0.481 e. The van der Waals surface area contributed by atoms with Crippen molar-refractivity contribution in [1.82, 2.24) is 20.3 Å². The summed E-state index contributed by atoms with van der Waals surface area (Å²) in [5.41, 5.74) is 1.01. The fraction of sp³-hybridized carbons (Fsp3) is 0.429. The van der Waals surface area contributed by atoms with Crippen molar-refractivity contribution in [1.29, 1.82) is 0 Å². The fourth-order valence-corrected chi connectivity index (χ4v) is 3.37. The van der Waals surface area contributed by atoms with Crippen LogP contribution in [0.5, 0.6) is 11.9 Å². The van der Waals surface area contributed by atoms with Crippen molar-refractivity contribution >= 4 is 28.3 Å². The van der Waals surface area contributed by atoms with Crippen LogP contribution in [0, 0.1) is 0 Å². The Morgan fingerprint density at radius 2 is 2.12 bits per heavy atom. The topological polar surface area (TPSA) is 102 Å². The molecule has 2 aromatic heterocycles. The van der Waals surface area contributed by atoms with Crippen LogP contribution in [0.4, 0.5) is 15.7 Å². The molecular weight excluding hydrogens is 332 g/mol. The molecule has 24 heavy (non-hydrogen) atoms. The highest BCUT2D eigenvalue weighted by Gasteiger charge is 2.23. The van der Waals surface area contributed by atoms with Crippen molar-refractivity contribution < 1.29 is 14.3 Å². The van der Waals surface area contributed by atoms with E-state index in [1.807, 2.05) is 0 Å². The van der Waals surface area contributed by atoms with Gasteiger partial charge in [0, 0.05) is 31.0 Å². The molecule has 0 aromatic carbocycles. The predicted octanol–water partition coefficient (Wildman–Crippen LogP) is 1.26. The summed E-state index contributed by atoms with van der Waals surface area (Å²) >= 11 is 1.47. The van der Waals surface area contributed by atoms with Crippen molar-refractivity contribution in [3.05, 3.63) is 16.6 Å². The van der Waals surface area contributed by atoms with E-state index in [-0.39, 0.29) is 12.0 Å². The normalized spacial score (nSPS) is 13.2. The third-order valence-corrected chi connectivity index (χ3v) is 4.56. The number of urea groups is 1. The molecule has 0 fully saturated rings. The second-order valence-electron chi connectivity index (χ2n) is 5.02. The first-order valence-electron chi connectivity index (χ1n) is 7.32. The van der Waals surface area contributed by atoms with Gasteiger partial charge < -0.3 is 19.7 Å². The number of aromatic nitrogens is 3. The van der Waals surface area contributed by atoms with Gasteiger partial charge in [0.25, 0.3) is 0 Å². The van der Waals surface area contributed by atoms with Gasteiger partial charge in [-0.05, 0) is 0 Å². The van der Waals surface area contributed by atoms with Gasteiger partial charge in [-0.1, -0.05) is 11.3 Å². The lowest BCUT2D eigenvalue weighted by Gasteiger charge is -2.27. The Morgan fingerprint density at radius 1 is 1.29 bits per heavy atom. The zero-order chi connectivity index (χ0) is 17.1. The van der Waals surface area contributed by atoms with E-state index in [4.69, 9.17) is 9.47 Å². The van der Waals surface area contributed by atoms with E-state index >= 15 is 0 Å². The van der Waals surface area contributed by atoms with Crippen molar-refractivity contribution in [3.8, 4) is 11.9 Å². The van der Waals surface area contributed by atoms with E-state index in [0.717, 1.165) is 29.4 Å². The molecule has 0 unspecified atom stereocenters. The summed E-state index contributed by atoms with van der Waals surface area (Å²) in [6.07, 6.45) is 0.774. The van der Waals surface area contributed by atoms with Gasteiger partial charge in [0.1, 0.15) is 5.82 Å². The second-order valence-corrected chi connectivity index (χ2v) is 6.10. The molecular formula is C14H18N6O3S. The molecule has 3 heterocycles. The molecule has 1 aliphatic rings. The van der Waals surface area contributed by atoms with Crippen LogP contribution in [0.1, 0.15) is 10.6 Å². The number of hydrogen-bond acceptors (Lipinski definition) is 8. The molecule has 0 saturated heterocycles. The van der Waals surface area contributed by atoms with Crippen LogP contribution in [0.15, 0.2) is 6.07 Å². The number of anilines is 2. The Morgan fingerprint density at radius 3 is 2.83 bits per heavy atom. The third-order valence-electron chi connectivity index (χ3n) is 3.56. The second kappa shape index (κ2) is 6.87. The number of fused-ring (bicyclic) bond motifs is 1. The zero-order valence-corrected chi connectivity index (χ0v) is 14.4. The van der Waals surface area contributed by atoms with Gasteiger partial charge in [-0.3, -0.25) is 5.32 Å². The summed E-state index contributed by atoms with van der Waals surface area (Å²) in [4.78, 5) is 27.6.